The van der Waals surface area contributed by atoms with E-state index in [4.69, 9.17) is 19.3 Å². The first-order valence-electron chi connectivity index (χ1n) is 9.96. The van der Waals surface area contributed by atoms with E-state index in [1.807, 2.05) is 0 Å². The van der Waals surface area contributed by atoms with E-state index in [1.165, 1.54) is 18.0 Å². The first-order valence-corrected chi connectivity index (χ1v) is 11.5. The number of ether oxygens (including phenoxy) is 2. The molecule has 3 aromatic rings. The highest BCUT2D eigenvalue weighted by molar-refractivity contribution is 7.46. The van der Waals surface area contributed by atoms with Gasteiger partial charge in [0, 0.05) is 12.6 Å². The van der Waals surface area contributed by atoms with Gasteiger partial charge in [-0.3, -0.25) is 14.4 Å². The predicted molar refractivity (Wildman–Crippen MR) is 115 cm³/mol. The van der Waals surface area contributed by atoms with Gasteiger partial charge in [-0.15, -0.1) is 0 Å². The number of phenols is 2. The molecule has 4 atom stereocenters. The van der Waals surface area contributed by atoms with Crippen molar-refractivity contribution in [2.45, 2.75) is 31.1 Å². The fourth-order valence-corrected chi connectivity index (χ4v) is 4.03. The zero-order valence-corrected chi connectivity index (χ0v) is 18.8. The Morgan fingerprint density at radius 2 is 1.86 bits per heavy atom. The predicted octanol–water partition coefficient (Wildman–Crippen LogP) is -1.06. The molecule has 16 nitrogen and oxygen atoms in total. The Balaban J connectivity index is 1.65. The quantitative estimate of drug-likeness (QED) is 0.167. The average molecular weight is 515 g/mol. The summed E-state index contributed by atoms with van der Waals surface area (Å²) in [5.41, 5.74) is 0.170. The van der Waals surface area contributed by atoms with Crippen molar-refractivity contribution in [2.24, 2.45) is 0 Å². The number of methoxy groups -OCH3 is 1. The Labute approximate surface area is 196 Å². The lowest BCUT2D eigenvalue weighted by Crippen LogP contribution is -2.33. The van der Waals surface area contributed by atoms with Crippen LogP contribution in [0.4, 0.5) is 5.82 Å². The number of benzene rings is 1. The molecule has 0 saturated carbocycles. The topological polar surface area (TPSA) is 242 Å². The van der Waals surface area contributed by atoms with E-state index in [9.17, 15) is 30.1 Å². The van der Waals surface area contributed by atoms with Crippen molar-refractivity contribution in [3.05, 3.63) is 24.3 Å². The standard InChI is InChI=1S/C18H22N5O11P/c1-32-8-2-9(34-35(29,30)31)13(26)7(12(8)25)3-19-16-11-17(21-5-20-16)23(6-22-11)18-15(28)14(27)10(4-24)33-18/h2,5-6,10,14-15,18,24-28H,3-4H2,1H3,(H,19,20,21)(H2,29,30,31)/t10-,14-,15-,18-/m1/s1. The molecule has 0 unspecified atom stereocenters. The second-order valence-corrected chi connectivity index (χ2v) is 8.63. The van der Waals surface area contributed by atoms with E-state index >= 15 is 0 Å². The number of phosphoric acid groups is 1. The van der Waals surface area contributed by atoms with E-state index < -0.39 is 56.2 Å². The number of hydrogen-bond donors (Lipinski definition) is 8. The van der Waals surface area contributed by atoms with Gasteiger partial charge in [0.25, 0.3) is 0 Å². The second-order valence-electron chi connectivity index (χ2n) is 7.46. The number of nitrogens with zero attached hydrogens (tertiary/aromatic N) is 4. The zero-order chi connectivity index (χ0) is 25.5. The number of rotatable bonds is 8. The molecule has 1 aromatic carbocycles. The minimum atomic E-state index is -5.03. The van der Waals surface area contributed by atoms with Crippen LogP contribution in [-0.4, -0.2) is 86.9 Å². The molecule has 2 aromatic heterocycles. The van der Waals surface area contributed by atoms with Gasteiger partial charge in [0.2, 0.25) is 0 Å². The number of aromatic hydroxyl groups is 2. The minimum absolute atomic E-state index is 0.125. The molecule has 0 amide bonds. The van der Waals surface area contributed by atoms with Crippen LogP contribution in [0.1, 0.15) is 11.8 Å². The number of imidazole rings is 1. The van der Waals surface area contributed by atoms with Crippen LogP contribution in [-0.2, 0) is 15.8 Å². The Morgan fingerprint density at radius 3 is 2.49 bits per heavy atom. The summed E-state index contributed by atoms with van der Waals surface area (Å²) < 4.78 is 27.5. The fourth-order valence-electron chi connectivity index (χ4n) is 3.64. The smallest absolute Gasteiger partial charge is 0.504 e. The lowest BCUT2D eigenvalue weighted by molar-refractivity contribution is -0.0511. The Kier molecular flexibility index (Phi) is 6.70. The van der Waals surface area contributed by atoms with Crippen molar-refractivity contribution in [3.63, 3.8) is 0 Å². The van der Waals surface area contributed by atoms with Crippen molar-refractivity contribution >= 4 is 24.8 Å². The SMILES string of the molecule is COc1cc(OP(=O)(O)O)c(O)c(CNc2ncnc3c2ncn3[C@@H]2O[C@H](CO)[C@@H](O)[C@H]2O)c1O. The molecule has 0 spiro atoms. The molecule has 0 radical (unpaired) electrons. The molecule has 4 rings (SSSR count). The molecule has 0 bridgehead atoms. The van der Waals surface area contributed by atoms with Crippen LogP contribution in [0.5, 0.6) is 23.0 Å². The normalized spacial score (nSPS) is 22.5. The molecular weight excluding hydrogens is 493 g/mol. The number of aliphatic hydroxyl groups is 3. The van der Waals surface area contributed by atoms with Gasteiger partial charge in [0.1, 0.15) is 24.6 Å². The monoisotopic (exact) mass is 515 g/mol. The zero-order valence-electron chi connectivity index (χ0n) is 18.0. The highest BCUT2D eigenvalue weighted by Gasteiger charge is 2.44. The van der Waals surface area contributed by atoms with Gasteiger partial charge < -0.3 is 44.8 Å². The number of phosphoric ester groups is 1. The number of nitrogens with one attached hydrogen (secondary N) is 1. The highest BCUT2D eigenvalue weighted by Crippen LogP contribution is 2.48. The van der Waals surface area contributed by atoms with Gasteiger partial charge in [-0.05, 0) is 0 Å². The molecule has 1 aliphatic heterocycles. The van der Waals surface area contributed by atoms with Gasteiger partial charge >= 0.3 is 7.82 Å². The maximum absolute atomic E-state index is 11.2. The Bertz CT molecular complexity index is 1280. The summed E-state index contributed by atoms with van der Waals surface area (Å²) in [6.45, 7) is -0.830. The summed E-state index contributed by atoms with van der Waals surface area (Å²) in [6.07, 6.45) is -2.33. The summed E-state index contributed by atoms with van der Waals surface area (Å²) in [5, 5.41) is 53.3. The van der Waals surface area contributed by atoms with E-state index in [0.717, 1.165) is 12.4 Å². The number of phenolic OH excluding ortho intramolecular Hbond substituents is 2. The van der Waals surface area contributed by atoms with Crippen molar-refractivity contribution in [2.75, 3.05) is 19.0 Å². The Hall–Kier alpha value is -3.24. The second kappa shape index (κ2) is 9.43. The number of aromatic nitrogens is 4. The maximum atomic E-state index is 11.2. The lowest BCUT2D eigenvalue weighted by Gasteiger charge is -2.17. The number of hydrogen-bond acceptors (Lipinski definition) is 13. The highest BCUT2D eigenvalue weighted by atomic mass is 31.2. The molecule has 1 aliphatic rings. The van der Waals surface area contributed by atoms with Gasteiger partial charge in [-0.1, -0.05) is 0 Å². The molecule has 190 valence electrons. The van der Waals surface area contributed by atoms with Crippen LogP contribution >= 0.6 is 7.82 Å². The third kappa shape index (κ3) is 4.68. The van der Waals surface area contributed by atoms with Crippen molar-refractivity contribution < 1.29 is 53.9 Å². The van der Waals surface area contributed by atoms with Gasteiger partial charge in [-0.2, -0.15) is 0 Å². The summed E-state index contributed by atoms with van der Waals surface area (Å²) in [4.78, 5) is 30.5. The van der Waals surface area contributed by atoms with Gasteiger partial charge in [0.15, 0.2) is 46.2 Å². The van der Waals surface area contributed by atoms with E-state index in [1.54, 1.807) is 0 Å². The summed E-state index contributed by atoms with van der Waals surface area (Å²) in [7, 11) is -3.83. The van der Waals surface area contributed by atoms with E-state index in [2.05, 4.69) is 24.8 Å². The van der Waals surface area contributed by atoms with Crippen molar-refractivity contribution in [3.8, 4) is 23.0 Å². The van der Waals surface area contributed by atoms with Crippen LogP contribution < -0.4 is 14.6 Å². The average Bonchev–Trinajstić information content (AvgIpc) is 3.36. The lowest BCUT2D eigenvalue weighted by atomic mass is 10.1. The number of aliphatic hydroxyl groups excluding tert-OH is 3. The molecule has 0 aliphatic carbocycles. The number of anilines is 1. The van der Waals surface area contributed by atoms with Crippen LogP contribution in [0.3, 0.4) is 0 Å². The van der Waals surface area contributed by atoms with E-state index in [0.29, 0.717) is 0 Å². The summed E-state index contributed by atoms with van der Waals surface area (Å²) >= 11 is 0. The van der Waals surface area contributed by atoms with Crippen molar-refractivity contribution in [1.29, 1.82) is 0 Å². The minimum Gasteiger partial charge on any atom is -0.504 e. The van der Waals surface area contributed by atoms with Gasteiger partial charge in [0.05, 0.1) is 25.6 Å². The van der Waals surface area contributed by atoms with Gasteiger partial charge in [-0.25, -0.2) is 19.5 Å². The largest absolute Gasteiger partial charge is 0.524 e. The van der Waals surface area contributed by atoms with Crippen LogP contribution in [0.25, 0.3) is 11.2 Å². The summed E-state index contributed by atoms with van der Waals surface area (Å²) in [5.74, 6) is -1.98. The molecule has 3 heterocycles. The van der Waals surface area contributed by atoms with Crippen LogP contribution in [0, 0.1) is 0 Å². The molecule has 1 fully saturated rings. The van der Waals surface area contributed by atoms with Crippen LogP contribution in [0.2, 0.25) is 0 Å². The molecule has 1 saturated heterocycles. The third-order valence-corrected chi connectivity index (χ3v) is 5.76. The third-order valence-electron chi connectivity index (χ3n) is 5.32. The number of fused-ring (bicyclic) bond motifs is 1. The fraction of sp³-hybridized carbons (Fsp3) is 0.389. The molecule has 8 N–H and O–H groups in total. The van der Waals surface area contributed by atoms with Crippen LogP contribution in [0.15, 0.2) is 18.7 Å². The van der Waals surface area contributed by atoms with E-state index in [-0.39, 0.29) is 34.8 Å². The molecular formula is C18H22N5O11P. The molecule has 35 heavy (non-hydrogen) atoms. The summed E-state index contributed by atoms with van der Waals surface area (Å²) in [6, 6.07) is 0.915. The first-order chi connectivity index (χ1) is 16.6. The Morgan fingerprint density at radius 1 is 1.14 bits per heavy atom. The maximum Gasteiger partial charge on any atom is 0.524 e. The van der Waals surface area contributed by atoms with Crippen molar-refractivity contribution in [1.82, 2.24) is 19.5 Å². The first kappa shape index (κ1) is 24.9. The molecule has 17 heteroatoms.